The van der Waals surface area contributed by atoms with Crippen LogP contribution in [0.1, 0.15) is 33.4 Å². The molecule has 1 aromatic rings. The van der Waals surface area contributed by atoms with Crippen LogP contribution in [0.4, 0.5) is 0 Å². The van der Waals surface area contributed by atoms with E-state index < -0.39 is 7.60 Å². The largest absolute Gasteiger partial charge is 0.359 e. The van der Waals surface area contributed by atoms with E-state index in [2.05, 4.69) is 24.5 Å². The van der Waals surface area contributed by atoms with Gasteiger partial charge in [-0.2, -0.15) is 0 Å². The number of nitrogens with zero attached hydrogens (tertiary/aromatic N) is 1. The first kappa shape index (κ1) is 14.6. The zero-order valence-electron chi connectivity index (χ0n) is 12.0. The SMILES string of the molecule is CCOP(=O)(OCC)C1=C(C(C)C)c2cccn2C1. The molecule has 0 N–H and O–H groups in total. The summed E-state index contributed by atoms with van der Waals surface area (Å²) in [6.45, 7) is 9.29. The van der Waals surface area contributed by atoms with E-state index in [1.54, 1.807) is 0 Å². The Kier molecular flexibility index (Phi) is 4.34. The lowest BCUT2D eigenvalue weighted by Crippen LogP contribution is -2.03. The summed E-state index contributed by atoms with van der Waals surface area (Å²) in [7, 11) is -3.17. The van der Waals surface area contributed by atoms with Gasteiger partial charge in [-0.15, -0.1) is 0 Å². The number of hydrogen-bond acceptors (Lipinski definition) is 3. The molecule has 0 atom stereocenters. The number of hydrogen-bond donors (Lipinski definition) is 0. The number of fused-ring (bicyclic) bond motifs is 1. The first-order valence-electron chi connectivity index (χ1n) is 6.81. The van der Waals surface area contributed by atoms with E-state index in [1.165, 1.54) is 0 Å². The summed E-state index contributed by atoms with van der Waals surface area (Å²) in [5.74, 6) is 0.292. The zero-order valence-corrected chi connectivity index (χ0v) is 12.9. The normalized spacial score (nSPS) is 15.4. The van der Waals surface area contributed by atoms with Gasteiger partial charge in [0.2, 0.25) is 0 Å². The van der Waals surface area contributed by atoms with Crippen molar-refractivity contribution in [1.82, 2.24) is 4.57 Å². The molecule has 4 nitrogen and oxygen atoms in total. The summed E-state index contributed by atoms with van der Waals surface area (Å²) in [6, 6.07) is 4.07. The van der Waals surface area contributed by atoms with Gasteiger partial charge in [-0.1, -0.05) is 13.8 Å². The quantitative estimate of drug-likeness (QED) is 0.737. The fraction of sp³-hybridized carbons (Fsp3) is 0.571. The highest BCUT2D eigenvalue weighted by atomic mass is 31.2. The lowest BCUT2D eigenvalue weighted by molar-refractivity contribution is 0.225. The topological polar surface area (TPSA) is 40.5 Å². The average molecular weight is 283 g/mol. The zero-order chi connectivity index (χ0) is 14.0. The van der Waals surface area contributed by atoms with E-state index >= 15 is 0 Å². The molecule has 0 fully saturated rings. The maximum atomic E-state index is 13.0. The molecular weight excluding hydrogens is 261 g/mol. The highest BCUT2D eigenvalue weighted by molar-refractivity contribution is 7.58. The Morgan fingerprint density at radius 1 is 1.32 bits per heavy atom. The van der Waals surface area contributed by atoms with E-state index in [0.717, 1.165) is 16.6 Å². The van der Waals surface area contributed by atoms with Crippen molar-refractivity contribution in [3.63, 3.8) is 0 Å². The minimum Gasteiger partial charge on any atom is -0.343 e. The summed E-state index contributed by atoms with van der Waals surface area (Å²) in [4.78, 5) is 0. The van der Waals surface area contributed by atoms with Crippen molar-refractivity contribution < 1.29 is 13.6 Å². The minimum atomic E-state index is -3.17. The molecule has 0 saturated heterocycles. The van der Waals surface area contributed by atoms with Gasteiger partial charge in [0.25, 0.3) is 0 Å². The van der Waals surface area contributed by atoms with Crippen molar-refractivity contribution in [3.05, 3.63) is 29.3 Å². The van der Waals surface area contributed by atoms with Gasteiger partial charge in [-0.25, -0.2) is 0 Å². The van der Waals surface area contributed by atoms with Crippen LogP contribution in [0.5, 0.6) is 0 Å². The van der Waals surface area contributed by atoms with Crippen molar-refractivity contribution >= 4 is 13.2 Å². The van der Waals surface area contributed by atoms with Crippen LogP contribution in [0.25, 0.3) is 5.57 Å². The standard InChI is InChI=1S/C14H22NO3P/c1-5-17-19(16,18-6-2)13-10-15-9-7-8-12(15)14(13)11(3)4/h7-9,11H,5-6,10H2,1-4H3. The van der Waals surface area contributed by atoms with Crippen molar-refractivity contribution in [2.45, 2.75) is 34.2 Å². The number of rotatable bonds is 6. The Hall–Kier alpha value is -0.830. The molecule has 2 rings (SSSR count). The van der Waals surface area contributed by atoms with Crippen LogP contribution >= 0.6 is 7.60 Å². The molecular formula is C14H22NO3P. The van der Waals surface area contributed by atoms with Crippen LogP contribution in [-0.2, 0) is 20.2 Å². The van der Waals surface area contributed by atoms with Gasteiger partial charge in [0.15, 0.2) is 0 Å². The van der Waals surface area contributed by atoms with E-state index in [0.29, 0.717) is 25.7 Å². The number of aromatic nitrogens is 1. The highest BCUT2D eigenvalue weighted by Gasteiger charge is 2.37. The molecule has 0 radical (unpaired) electrons. The van der Waals surface area contributed by atoms with Crippen LogP contribution in [0.2, 0.25) is 0 Å². The smallest absolute Gasteiger partial charge is 0.343 e. The van der Waals surface area contributed by atoms with Gasteiger partial charge >= 0.3 is 7.60 Å². The number of allylic oxidation sites excluding steroid dienone is 2. The van der Waals surface area contributed by atoms with Crippen molar-refractivity contribution in [3.8, 4) is 0 Å². The maximum absolute atomic E-state index is 13.0. The molecule has 0 aromatic carbocycles. The Morgan fingerprint density at radius 3 is 2.47 bits per heavy atom. The molecule has 0 amide bonds. The van der Waals surface area contributed by atoms with Crippen LogP contribution in [0.3, 0.4) is 0 Å². The molecule has 0 spiro atoms. The predicted octanol–water partition coefficient (Wildman–Crippen LogP) is 4.13. The minimum absolute atomic E-state index is 0.292. The molecule has 0 unspecified atom stereocenters. The van der Waals surface area contributed by atoms with Gasteiger partial charge in [0, 0.05) is 11.9 Å². The average Bonchev–Trinajstić information content (AvgIpc) is 2.87. The lowest BCUT2D eigenvalue weighted by Gasteiger charge is -2.20. The second-order valence-corrected chi connectivity index (χ2v) is 6.92. The monoisotopic (exact) mass is 283 g/mol. The Labute approximate surface area is 114 Å². The molecule has 1 aliphatic rings. The molecule has 2 heterocycles. The van der Waals surface area contributed by atoms with Crippen molar-refractivity contribution in [1.29, 1.82) is 0 Å². The summed E-state index contributed by atoms with van der Waals surface area (Å²) in [5, 5.41) is 0.821. The third-order valence-electron chi connectivity index (χ3n) is 3.24. The van der Waals surface area contributed by atoms with E-state index in [9.17, 15) is 4.57 Å². The molecule has 0 bridgehead atoms. The second kappa shape index (κ2) is 5.66. The predicted molar refractivity (Wildman–Crippen MR) is 77.0 cm³/mol. The first-order valence-corrected chi connectivity index (χ1v) is 8.36. The van der Waals surface area contributed by atoms with Crippen LogP contribution in [0, 0.1) is 5.92 Å². The van der Waals surface area contributed by atoms with Gasteiger partial charge < -0.3 is 13.6 Å². The van der Waals surface area contributed by atoms with Crippen molar-refractivity contribution in [2.24, 2.45) is 5.92 Å². The highest BCUT2D eigenvalue weighted by Crippen LogP contribution is 2.61. The van der Waals surface area contributed by atoms with Gasteiger partial charge in [0.05, 0.1) is 25.1 Å². The third kappa shape index (κ3) is 2.58. The van der Waals surface area contributed by atoms with E-state index in [-0.39, 0.29) is 0 Å². The second-order valence-electron chi connectivity index (χ2n) is 4.87. The molecule has 19 heavy (non-hydrogen) atoms. The van der Waals surface area contributed by atoms with Crippen LogP contribution in [-0.4, -0.2) is 17.8 Å². The van der Waals surface area contributed by atoms with Crippen LogP contribution < -0.4 is 0 Å². The Morgan fingerprint density at radius 2 is 1.95 bits per heavy atom. The van der Waals surface area contributed by atoms with E-state index in [1.807, 2.05) is 26.1 Å². The molecule has 0 aliphatic carbocycles. The van der Waals surface area contributed by atoms with Gasteiger partial charge in [-0.05, 0) is 37.5 Å². The van der Waals surface area contributed by atoms with Crippen LogP contribution in [0.15, 0.2) is 23.6 Å². The summed E-state index contributed by atoms with van der Waals surface area (Å²) in [6.07, 6.45) is 2.01. The molecule has 106 valence electrons. The Bertz CT molecular complexity index is 521. The van der Waals surface area contributed by atoms with Gasteiger partial charge in [0.1, 0.15) is 0 Å². The Balaban J connectivity index is 2.49. The summed E-state index contributed by atoms with van der Waals surface area (Å²) >= 11 is 0. The molecule has 5 heteroatoms. The van der Waals surface area contributed by atoms with Gasteiger partial charge in [-0.3, -0.25) is 4.57 Å². The molecule has 1 aromatic heterocycles. The van der Waals surface area contributed by atoms with E-state index in [4.69, 9.17) is 9.05 Å². The summed E-state index contributed by atoms with van der Waals surface area (Å²) < 4.78 is 26.1. The maximum Gasteiger partial charge on any atom is 0.359 e. The molecule has 1 aliphatic heterocycles. The fourth-order valence-electron chi connectivity index (χ4n) is 2.59. The summed E-state index contributed by atoms with van der Waals surface area (Å²) in [5.41, 5.74) is 2.24. The molecule has 0 saturated carbocycles. The lowest BCUT2D eigenvalue weighted by atomic mass is 10.0. The fourth-order valence-corrected chi connectivity index (χ4v) is 4.65. The third-order valence-corrected chi connectivity index (χ3v) is 5.48. The van der Waals surface area contributed by atoms with Crippen molar-refractivity contribution in [2.75, 3.05) is 13.2 Å². The first-order chi connectivity index (χ1) is 9.03.